The van der Waals surface area contributed by atoms with E-state index in [2.05, 4.69) is 0 Å². The van der Waals surface area contributed by atoms with Crippen LogP contribution in [0, 0.1) is 11.3 Å². The summed E-state index contributed by atoms with van der Waals surface area (Å²) in [6.45, 7) is 3.33. The van der Waals surface area contributed by atoms with Crippen LogP contribution in [0.25, 0.3) is 5.57 Å². The van der Waals surface area contributed by atoms with Gasteiger partial charge in [-0.05, 0) is 37.1 Å². The molecule has 0 fully saturated rings. The lowest BCUT2D eigenvalue weighted by atomic mass is 9.81. The number of ether oxygens (including phenoxy) is 1. The Kier molecular flexibility index (Phi) is 7.33. The summed E-state index contributed by atoms with van der Waals surface area (Å²) in [6.07, 6.45) is -4.52. The number of alkyl halides is 3. The first-order valence-electron chi connectivity index (χ1n) is 10.1. The van der Waals surface area contributed by atoms with Crippen LogP contribution in [-0.2, 0) is 24.5 Å². The highest BCUT2D eigenvalue weighted by atomic mass is 31.2. The highest BCUT2D eigenvalue weighted by Crippen LogP contribution is 2.63. The molecule has 0 radical (unpaired) electrons. The Hall–Kier alpha value is -3.05. The van der Waals surface area contributed by atoms with Crippen LogP contribution in [0.3, 0.4) is 0 Å². The molecule has 0 saturated heterocycles. The summed E-state index contributed by atoms with van der Waals surface area (Å²) in [4.78, 5) is 0. The van der Waals surface area contributed by atoms with Gasteiger partial charge in [-0.25, -0.2) is 0 Å². The lowest BCUT2D eigenvalue weighted by Crippen LogP contribution is -2.21. The highest BCUT2D eigenvalue weighted by molar-refractivity contribution is 7.58. The average molecular weight is 478 g/mol. The van der Waals surface area contributed by atoms with Gasteiger partial charge in [0.05, 0.1) is 24.7 Å². The lowest BCUT2D eigenvalue weighted by molar-refractivity contribution is -0.137. The van der Waals surface area contributed by atoms with Gasteiger partial charge in [0.25, 0.3) is 0 Å². The predicted octanol–water partition coefficient (Wildman–Crippen LogP) is 6.15. The summed E-state index contributed by atoms with van der Waals surface area (Å²) in [5, 5.41) is 9.84. The summed E-state index contributed by atoms with van der Waals surface area (Å²) < 4.78 is 69.7. The van der Waals surface area contributed by atoms with Crippen LogP contribution >= 0.6 is 7.60 Å². The van der Waals surface area contributed by atoms with Crippen molar-refractivity contribution in [2.75, 3.05) is 13.2 Å². The lowest BCUT2D eigenvalue weighted by Gasteiger charge is -2.32. The fraction of sp³-hybridized carbons (Fsp3) is 0.261. The molecule has 0 amide bonds. The Morgan fingerprint density at radius 1 is 1.06 bits per heavy atom. The maximum Gasteiger partial charge on any atom is 0.416 e. The van der Waals surface area contributed by atoms with E-state index in [1.54, 1.807) is 44.2 Å². The molecule has 1 atom stereocenters. The molecular formula is C23H22F3N2O4P. The molecule has 0 aliphatic carbocycles. The smallest absolute Gasteiger partial charge is 0.416 e. The van der Waals surface area contributed by atoms with E-state index in [0.29, 0.717) is 11.1 Å². The van der Waals surface area contributed by atoms with Crippen molar-refractivity contribution in [3.05, 3.63) is 88.2 Å². The molecule has 0 aromatic heterocycles. The second-order valence-corrected chi connectivity index (χ2v) is 8.88. The van der Waals surface area contributed by atoms with Crippen LogP contribution in [0.5, 0.6) is 0 Å². The molecule has 2 aromatic rings. The second-order valence-electron chi connectivity index (χ2n) is 6.96. The fourth-order valence-corrected chi connectivity index (χ4v) is 5.30. The molecule has 33 heavy (non-hydrogen) atoms. The number of hydrogen-bond donors (Lipinski definition) is 1. The minimum atomic E-state index is -4.52. The number of nitrogens with zero attached hydrogens (tertiary/aromatic N) is 1. The molecule has 10 heteroatoms. The van der Waals surface area contributed by atoms with Gasteiger partial charge < -0.3 is 19.5 Å². The van der Waals surface area contributed by atoms with E-state index in [4.69, 9.17) is 19.5 Å². The maximum absolute atomic E-state index is 13.7. The predicted molar refractivity (Wildman–Crippen MR) is 116 cm³/mol. The average Bonchev–Trinajstić information content (AvgIpc) is 2.78. The quantitative estimate of drug-likeness (QED) is 0.480. The van der Waals surface area contributed by atoms with Crippen LogP contribution in [0.4, 0.5) is 13.2 Å². The van der Waals surface area contributed by atoms with E-state index < -0.39 is 25.3 Å². The Bertz CT molecular complexity index is 1140. The zero-order valence-electron chi connectivity index (χ0n) is 17.9. The first-order chi connectivity index (χ1) is 15.7. The van der Waals surface area contributed by atoms with Gasteiger partial charge in [0, 0.05) is 5.57 Å². The van der Waals surface area contributed by atoms with Crippen LogP contribution in [-0.4, -0.2) is 13.2 Å². The Morgan fingerprint density at radius 3 is 2.12 bits per heavy atom. The molecule has 0 bridgehead atoms. The van der Waals surface area contributed by atoms with Gasteiger partial charge >= 0.3 is 13.8 Å². The molecule has 1 aliphatic rings. The van der Waals surface area contributed by atoms with Crippen molar-refractivity contribution >= 4 is 13.2 Å². The molecule has 0 saturated carbocycles. The molecule has 0 spiro atoms. The molecule has 1 heterocycles. The zero-order valence-corrected chi connectivity index (χ0v) is 18.8. The van der Waals surface area contributed by atoms with Crippen LogP contribution in [0.1, 0.15) is 36.5 Å². The SMILES string of the molecule is CCOP(=O)(OCC)C1=C(c2ccccc2)C(c2ccc(C(F)(F)F)cc2)C(C#N)=C(N)O1. The van der Waals surface area contributed by atoms with Gasteiger partial charge in [-0.3, -0.25) is 4.57 Å². The van der Waals surface area contributed by atoms with Crippen LogP contribution in [0.15, 0.2) is 71.6 Å². The number of nitrogens with two attached hydrogens (primary N) is 1. The third-order valence-electron chi connectivity index (χ3n) is 4.90. The van der Waals surface area contributed by atoms with Gasteiger partial charge in [-0.15, -0.1) is 0 Å². The normalized spacial score (nSPS) is 17.0. The monoisotopic (exact) mass is 478 g/mol. The van der Waals surface area contributed by atoms with E-state index in [0.717, 1.165) is 12.1 Å². The molecule has 2 aromatic carbocycles. The minimum absolute atomic E-state index is 0.0306. The van der Waals surface area contributed by atoms with Crippen LogP contribution < -0.4 is 5.73 Å². The molecular weight excluding hydrogens is 456 g/mol. The Labute approximate surface area is 189 Å². The summed E-state index contributed by atoms with van der Waals surface area (Å²) >= 11 is 0. The number of rotatable bonds is 7. The summed E-state index contributed by atoms with van der Waals surface area (Å²) in [5.41, 5.74) is 6.09. The molecule has 2 N–H and O–H groups in total. The van der Waals surface area contributed by atoms with Crippen molar-refractivity contribution < 1.29 is 31.5 Å². The van der Waals surface area contributed by atoms with E-state index in [9.17, 15) is 23.0 Å². The molecule has 174 valence electrons. The third kappa shape index (κ3) is 4.98. The fourth-order valence-electron chi connectivity index (χ4n) is 3.55. The first kappa shape index (κ1) is 24.6. The van der Waals surface area contributed by atoms with Crippen molar-refractivity contribution in [3.8, 4) is 6.07 Å². The molecule has 6 nitrogen and oxygen atoms in total. The van der Waals surface area contributed by atoms with Gasteiger partial charge in [-0.2, -0.15) is 18.4 Å². The largest absolute Gasteiger partial charge is 0.432 e. The van der Waals surface area contributed by atoms with Crippen molar-refractivity contribution in [1.82, 2.24) is 0 Å². The number of allylic oxidation sites excluding steroid dienone is 2. The summed E-state index contributed by atoms with van der Waals surface area (Å²) in [5.74, 6) is -1.28. The van der Waals surface area contributed by atoms with Gasteiger partial charge in [-0.1, -0.05) is 42.5 Å². The molecule has 3 rings (SSSR count). The first-order valence-corrected chi connectivity index (χ1v) is 11.6. The standard InChI is InChI=1S/C23H22F3N2O4P/c1-3-30-33(29,31-4-2)22-20(15-8-6-5-7-9-15)19(18(14-27)21(28)32-22)16-10-12-17(13-11-16)23(24,25)26/h5-13,19H,3-4,28H2,1-2H3. The van der Waals surface area contributed by atoms with Crippen molar-refractivity contribution in [3.63, 3.8) is 0 Å². The molecule has 1 unspecified atom stereocenters. The van der Waals surface area contributed by atoms with Crippen molar-refractivity contribution in [2.45, 2.75) is 25.9 Å². The minimum Gasteiger partial charge on any atom is -0.432 e. The highest BCUT2D eigenvalue weighted by Gasteiger charge is 2.43. The van der Waals surface area contributed by atoms with E-state index in [-0.39, 0.29) is 35.7 Å². The number of hydrogen-bond acceptors (Lipinski definition) is 6. The van der Waals surface area contributed by atoms with Gasteiger partial charge in [0.2, 0.25) is 11.4 Å². The van der Waals surface area contributed by atoms with E-state index in [1.807, 2.05) is 6.07 Å². The van der Waals surface area contributed by atoms with E-state index in [1.165, 1.54) is 12.1 Å². The van der Waals surface area contributed by atoms with E-state index >= 15 is 0 Å². The van der Waals surface area contributed by atoms with Gasteiger partial charge in [0.1, 0.15) is 11.6 Å². The summed E-state index contributed by atoms with van der Waals surface area (Å²) in [7, 11) is -4.03. The Morgan fingerprint density at radius 2 is 1.64 bits per heavy atom. The van der Waals surface area contributed by atoms with Crippen LogP contribution in [0.2, 0.25) is 0 Å². The molecule has 1 aliphatic heterocycles. The number of halogens is 3. The second kappa shape index (κ2) is 9.84. The van der Waals surface area contributed by atoms with Crippen molar-refractivity contribution in [2.24, 2.45) is 5.73 Å². The summed E-state index contributed by atoms with van der Waals surface area (Å²) in [6, 6.07) is 15.0. The Balaban J connectivity index is 2.32. The number of nitriles is 1. The zero-order chi connectivity index (χ0) is 24.2. The van der Waals surface area contributed by atoms with Gasteiger partial charge in [0.15, 0.2) is 0 Å². The topological polar surface area (TPSA) is 94.6 Å². The number of benzene rings is 2. The van der Waals surface area contributed by atoms with Crippen molar-refractivity contribution in [1.29, 1.82) is 5.26 Å². The third-order valence-corrected chi connectivity index (χ3v) is 6.93. The maximum atomic E-state index is 13.7.